The van der Waals surface area contributed by atoms with E-state index in [2.05, 4.69) is 5.32 Å². The Morgan fingerprint density at radius 3 is 2.76 bits per heavy atom. The Morgan fingerprint density at radius 2 is 2.10 bits per heavy atom. The third-order valence-electron chi connectivity index (χ3n) is 4.26. The van der Waals surface area contributed by atoms with Crippen LogP contribution >= 0.6 is 12.4 Å². The third-order valence-corrected chi connectivity index (χ3v) is 4.26. The van der Waals surface area contributed by atoms with Crippen molar-refractivity contribution in [1.82, 2.24) is 10.2 Å². The van der Waals surface area contributed by atoms with Crippen LogP contribution in [-0.2, 0) is 4.79 Å². The van der Waals surface area contributed by atoms with Gasteiger partial charge in [0.25, 0.3) is 0 Å². The Kier molecular flexibility index (Phi) is 4.84. The van der Waals surface area contributed by atoms with Gasteiger partial charge in [-0.2, -0.15) is 0 Å². The van der Waals surface area contributed by atoms with E-state index in [0.29, 0.717) is 0 Å². The molecule has 1 N–H and O–H groups in total. The number of benzene rings is 1. The zero-order chi connectivity index (χ0) is 14.3. The van der Waals surface area contributed by atoms with Crippen molar-refractivity contribution in [3.05, 3.63) is 35.4 Å². The topological polar surface area (TPSA) is 32.3 Å². The van der Waals surface area contributed by atoms with Gasteiger partial charge in [-0.1, -0.05) is 6.07 Å². The first-order chi connectivity index (χ1) is 9.58. The summed E-state index contributed by atoms with van der Waals surface area (Å²) in [4.78, 5) is 14.3. The van der Waals surface area contributed by atoms with E-state index in [1.807, 2.05) is 11.8 Å². The van der Waals surface area contributed by atoms with E-state index in [4.69, 9.17) is 0 Å². The second-order valence-corrected chi connectivity index (χ2v) is 5.71. The molecule has 2 fully saturated rings. The molecule has 1 heterocycles. The average molecular weight is 317 g/mol. The number of rotatable bonds is 2. The summed E-state index contributed by atoms with van der Waals surface area (Å²) in [5.41, 5.74) is 0.727. The second-order valence-electron chi connectivity index (χ2n) is 5.71. The highest BCUT2D eigenvalue weighted by Crippen LogP contribution is 2.48. The zero-order valence-corrected chi connectivity index (χ0v) is 12.6. The predicted molar refractivity (Wildman–Crippen MR) is 78.5 cm³/mol. The molecule has 0 bridgehead atoms. The van der Waals surface area contributed by atoms with Crippen molar-refractivity contribution in [3.8, 4) is 0 Å². The summed E-state index contributed by atoms with van der Waals surface area (Å²) >= 11 is 0. The quantitative estimate of drug-likeness (QED) is 0.908. The fraction of sp³-hybridized carbons (Fsp3) is 0.533. The lowest BCUT2D eigenvalue weighted by molar-refractivity contribution is -0.135. The van der Waals surface area contributed by atoms with Crippen molar-refractivity contribution < 1.29 is 13.6 Å². The lowest BCUT2D eigenvalue weighted by atomic mass is 10.1. The molecule has 0 aromatic heterocycles. The van der Waals surface area contributed by atoms with Gasteiger partial charge in [-0.15, -0.1) is 12.4 Å². The van der Waals surface area contributed by atoms with Crippen LogP contribution in [0.2, 0.25) is 0 Å². The van der Waals surface area contributed by atoms with Crippen LogP contribution in [0.1, 0.15) is 24.8 Å². The van der Waals surface area contributed by atoms with Crippen LogP contribution in [0.15, 0.2) is 18.2 Å². The maximum absolute atomic E-state index is 13.2. The molecule has 6 heteroatoms. The zero-order valence-electron chi connectivity index (χ0n) is 11.8. The highest BCUT2D eigenvalue weighted by Gasteiger charge is 2.46. The Morgan fingerprint density at radius 1 is 1.33 bits per heavy atom. The van der Waals surface area contributed by atoms with Crippen LogP contribution in [-0.4, -0.2) is 36.5 Å². The van der Waals surface area contributed by atoms with Crippen molar-refractivity contribution in [2.45, 2.75) is 25.3 Å². The van der Waals surface area contributed by atoms with Crippen LogP contribution in [0.5, 0.6) is 0 Å². The average Bonchev–Trinajstić information content (AvgIpc) is 3.22. The Balaban J connectivity index is 0.00000161. The molecule has 2 aliphatic rings. The minimum atomic E-state index is -0.840. The van der Waals surface area contributed by atoms with Gasteiger partial charge in [0.2, 0.25) is 5.91 Å². The predicted octanol–water partition coefficient (Wildman–Crippen LogP) is 2.31. The first-order valence-electron chi connectivity index (χ1n) is 7.04. The normalized spacial score (nSPS) is 28.0. The van der Waals surface area contributed by atoms with Crippen molar-refractivity contribution in [2.75, 3.05) is 19.6 Å². The van der Waals surface area contributed by atoms with Gasteiger partial charge in [0.05, 0.1) is 0 Å². The number of halogens is 3. The molecular weight excluding hydrogens is 298 g/mol. The summed E-state index contributed by atoms with van der Waals surface area (Å²) in [7, 11) is 0. The fourth-order valence-electron chi connectivity index (χ4n) is 2.96. The van der Waals surface area contributed by atoms with Gasteiger partial charge in [0, 0.05) is 31.6 Å². The molecule has 3 rings (SSSR count). The Labute approximate surface area is 129 Å². The summed E-state index contributed by atoms with van der Waals surface area (Å²) < 4.78 is 26.2. The highest BCUT2D eigenvalue weighted by molar-refractivity contribution is 5.85. The molecule has 1 aliphatic carbocycles. The van der Waals surface area contributed by atoms with Gasteiger partial charge < -0.3 is 10.2 Å². The molecule has 3 atom stereocenters. The Bertz CT molecular complexity index is 540. The van der Waals surface area contributed by atoms with Crippen molar-refractivity contribution >= 4 is 18.3 Å². The molecule has 21 heavy (non-hydrogen) atoms. The maximum Gasteiger partial charge on any atom is 0.226 e. The lowest BCUT2D eigenvalue weighted by Crippen LogP contribution is -2.52. The summed E-state index contributed by atoms with van der Waals surface area (Å²) in [5, 5.41) is 3.25. The fourth-order valence-corrected chi connectivity index (χ4v) is 2.96. The maximum atomic E-state index is 13.2. The molecule has 1 amide bonds. The summed E-state index contributed by atoms with van der Waals surface area (Å²) in [5.74, 6) is -1.56. The number of nitrogens with one attached hydrogen (secondary N) is 1. The van der Waals surface area contributed by atoms with Gasteiger partial charge in [0.1, 0.15) is 0 Å². The SMILES string of the molecule is C[C@@H]1CNCCN1C(=O)C1CC1c1ccc(F)c(F)c1.Cl. The summed E-state index contributed by atoms with van der Waals surface area (Å²) in [6, 6.07) is 4.13. The summed E-state index contributed by atoms with van der Waals surface area (Å²) in [6.45, 7) is 4.38. The molecule has 2 unspecified atom stereocenters. The summed E-state index contributed by atoms with van der Waals surface area (Å²) in [6.07, 6.45) is 0.737. The molecule has 0 spiro atoms. The molecule has 116 valence electrons. The largest absolute Gasteiger partial charge is 0.337 e. The van der Waals surface area contributed by atoms with Gasteiger partial charge in [-0.25, -0.2) is 8.78 Å². The van der Waals surface area contributed by atoms with Crippen molar-refractivity contribution in [2.24, 2.45) is 5.92 Å². The number of hydrogen-bond donors (Lipinski definition) is 1. The van der Waals surface area contributed by atoms with Gasteiger partial charge in [-0.05, 0) is 37.0 Å². The lowest BCUT2D eigenvalue weighted by Gasteiger charge is -2.34. The number of piperazine rings is 1. The van der Waals surface area contributed by atoms with E-state index in [1.54, 1.807) is 6.07 Å². The van der Waals surface area contributed by atoms with E-state index in [-0.39, 0.29) is 36.2 Å². The number of amides is 1. The van der Waals surface area contributed by atoms with E-state index in [9.17, 15) is 13.6 Å². The van der Waals surface area contributed by atoms with Crippen molar-refractivity contribution in [3.63, 3.8) is 0 Å². The highest BCUT2D eigenvalue weighted by atomic mass is 35.5. The van der Waals surface area contributed by atoms with Gasteiger partial charge in [0.15, 0.2) is 11.6 Å². The van der Waals surface area contributed by atoms with Crippen LogP contribution in [0.3, 0.4) is 0 Å². The first-order valence-corrected chi connectivity index (χ1v) is 7.04. The molecular formula is C15H19ClF2N2O. The van der Waals surface area contributed by atoms with Gasteiger partial charge in [-0.3, -0.25) is 4.79 Å². The Hall–Kier alpha value is -1.20. The molecule has 1 saturated carbocycles. The minimum Gasteiger partial charge on any atom is -0.337 e. The molecule has 1 saturated heterocycles. The van der Waals surface area contributed by atoms with Crippen LogP contribution in [0, 0.1) is 17.6 Å². The molecule has 1 aromatic carbocycles. The first kappa shape index (κ1) is 16.2. The van der Waals surface area contributed by atoms with Crippen LogP contribution in [0.4, 0.5) is 8.78 Å². The monoisotopic (exact) mass is 316 g/mol. The van der Waals surface area contributed by atoms with Crippen LogP contribution < -0.4 is 5.32 Å². The third kappa shape index (κ3) is 3.19. The van der Waals surface area contributed by atoms with Gasteiger partial charge >= 0.3 is 0 Å². The minimum absolute atomic E-state index is 0. The van der Waals surface area contributed by atoms with Crippen LogP contribution in [0.25, 0.3) is 0 Å². The number of carbonyl (C=O) groups excluding carboxylic acids is 1. The van der Waals surface area contributed by atoms with Crippen molar-refractivity contribution in [1.29, 1.82) is 0 Å². The van der Waals surface area contributed by atoms with E-state index in [0.717, 1.165) is 37.7 Å². The molecule has 1 aromatic rings. The second kappa shape index (κ2) is 6.28. The molecule has 1 aliphatic heterocycles. The van der Waals surface area contributed by atoms with E-state index in [1.165, 1.54) is 6.07 Å². The van der Waals surface area contributed by atoms with E-state index >= 15 is 0 Å². The molecule has 0 radical (unpaired) electrons. The standard InChI is InChI=1S/C15H18F2N2O.ClH/c1-9-8-18-4-5-19(9)15(20)12-7-11(12)10-2-3-13(16)14(17)6-10;/h2-3,6,9,11-12,18H,4-5,7-8H2,1H3;1H/t9-,11?,12?;/m1./s1. The van der Waals surface area contributed by atoms with E-state index < -0.39 is 11.6 Å². The number of nitrogens with zero attached hydrogens (tertiary/aromatic N) is 1. The number of carbonyl (C=O) groups is 1. The number of hydrogen-bond acceptors (Lipinski definition) is 2. The smallest absolute Gasteiger partial charge is 0.226 e. The molecule has 3 nitrogen and oxygen atoms in total.